The Bertz CT molecular complexity index is 1310. The van der Waals surface area contributed by atoms with Crippen LogP contribution in [0.1, 0.15) is 69.3 Å². The first-order valence-corrected chi connectivity index (χ1v) is 17.0. The van der Waals surface area contributed by atoms with Crippen LogP contribution in [0, 0.1) is 40.8 Å². The first-order valence-electron chi connectivity index (χ1n) is 14.1. The molecule has 0 saturated heterocycles. The molecule has 2 bridgehead atoms. The molecule has 10 heteroatoms. The van der Waals surface area contributed by atoms with E-state index in [-0.39, 0.29) is 46.9 Å². The highest BCUT2D eigenvalue weighted by Gasteiger charge is 2.50. The third-order valence-electron chi connectivity index (χ3n) is 9.41. The number of carbonyl (C=O) groups is 1. The molecule has 1 amide bonds. The highest BCUT2D eigenvalue weighted by molar-refractivity contribution is 6.74. The number of benzene rings is 1. The van der Waals surface area contributed by atoms with Crippen molar-refractivity contribution in [2.75, 3.05) is 6.61 Å². The maximum atomic E-state index is 14.8. The van der Waals surface area contributed by atoms with Crippen molar-refractivity contribution in [2.24, 2.45) is 28.8 Å². The molecule has 1 unspecified atom stereocenters. The molecule has 0 spiro atoms. The van der Waals surface area contributed by atoms with Crippen LogP contribution < -0.4 is 4.74 Å². The SMILES string of the molecule is CC(C)(C)[Si](C)(C)OCc1cc(C2CC=NN2C(=O)[C@H]2C[C@@H](COc3cnc(C#N)cn3)C3CC2C3)ccc1F. The molecule has 2 heterocycles. The molecule has 212 valence electrons. The molecule has 8 nitrogen and oxygen atoms in total. The number of carbonyl (C=O) groups excluding carboxylic acids is 1. The molecule has 3 atom stereocenters. The van der Waals surface area contributed by atoms with Gasteiger partial charge in [0, 0.05) is 24.1 Å². The molecule has 4 aliphatic rings. The van der Waals surface area contributed by atoms with Gasteiger partial charge >= 0.3 is 0 Å². The third kappa shape index (κ3) is 5.67. The third-order valence-corrected chi connectivity index (χ3v) is 13.9. The Morgan fingerprint density at radius 2 is 1.95 bits per heavy atom. The number of aromatic nitrogens is 2. The number of ether oxygens (including phenoxy) is 1. The van der Waals surface area contributed by atoms with Crippen molar-refractivity contribution in [1.29, 1.82) is 5.26 Å². The lowest BCUT2D eigenvalue weighted by Crippen LogP contribution is -2.50. The van der Waals surface area contributed by atoms with Crippen molar-refractivity contribution in [3.8, 4) is 11.9 Å². The van der Waals surface area contributed by atoms with Crippen molar-refractivity contribution in [1.82, 2.24) is 15.0 Å². The Morgan fingerprint density at radius 1 is 1.18 bits per heavy atom. The van der Waals surface area contributed by atoms with Gasteiger partial charge in [0.25, 0.3) is 0 Å². The second kappa shape index (κ2) is 11.0. The molecule has 1 aromatic carbocycles. The number of fused-ring (bicyclic) bond motifs is 2. The second-order valence-electron chi connectivity index (χ2n) is 12.9. The van der Waals surface area contributed by atoms with Crippen LogP contribution in [0.25, 0.3) is 0 Å². The standard InChI is InChI=1S/C30H38FN5O3Si/c1-30(2,3)40(4,5)39-18-23-10-19(6-7-26(23)31)27-8-9-35-36(27)29(37)25-13-22(20-11-21(25)12-20)17-38-28-16-33-24(14-32)15-34-28/h6-7,9-10,15-16,20-22,25,27H,8,11-13,17-18H2,1-5H3/t20?,21?,22-,25-,27?/m0/s1. The number of nitriles is 1. The normalized spacial score (nSPS) is 25.8. The summed E-state index contributed by atoms with van der Waals surface area (Å²) in [4.78, 5) is 22.0. The van der Waals surface area contributed by atoms with E-state index in [1.165, 1.54) is 18.5 Å². The summed E-state index contributed by atoms with van der Waals surface area (Å²) in [5, 5.41) is 15.1. The van der Waals surface area contributed by atoms with Crippen LogP contribution in [0.3, 0.4) is 0 Å². The van der Waals surface area contributed by atoms with Gasteiger partial charge in [0.2, 0.25) is 11.8 Å². The number of halogens is 1. The van der Waals surface area contributed by atoms with Gasteiger partial charge in [-0.05, 0) is 72.8 Å². The Balaban J connectivity index is 1.25. The predicted octanol–water partition coefficient (Wildman–Crippen LogP) is 6.01. The largest absolute Gasteiger partial charge is 0.476 e. The second-order valence-corrected chi connectivity index (χ2v) is 17.7. The number of hydrogen-bond acceptors (Lipinski definition) is 7. The topological polar surface area (TPSA) is 101 Å². The molecule has 1 aromatic heterocycles. The summed E-state index contributed by atoms with van der Waals surface area (Å²) in [5.41, 5.74) is 1.64. The van der Waals surface area contributed by atoms with Crippen LogP contribution >= 0.6 is 0 Å². The molecule has 3 fully saturated rings. The molecule has 3 aliphatic carbocycles. The number of hydrazone groups is 1. The minimum atomic E-state index is -2.04. The average Bonchev–Trinajstić information content (AvgIpc) is 3.40. The molecule has 0 N–H and O–H groups in total. The summed E-state index contributed by atoms with van der Waals surface area (Å²) < 4.78 is 27.0. The smallest absolute Gasteiger partial charge is 0.246 e. The number of amides is 1. The average molecular weight is 564 g/mol. The fourth-order valence-electron chi connectivity index (χ4n) is 5.74. The highest BCUT2D eigenvalue weighted by Crippen LogP contribution is 2.53. The number of nitrogens with zero attached hydrogens (tertiary/aromatic N) is 5. The first-order chi connectivity index (χ1) is 19.0. The zero-order valence-electron chi connectivity index (χ0n) is 23.9. The van der Waals surface area contributed by atoms with Crippen LogP contribution in [0.2, 0.25) is 18.1 Å². The summed E-state index contributed by atoms with van der Waals surface area (Å²) in [6.45, 7) is 11.5. The van der Waals surface area contributed by atoms with Crippen molar-refractivity contribution < 1.29 is 18.3 Å². The van der Waals surface area contributed by atoms with Crippen LogP contribution in [-0.2, 0) is 15.8 Å². The van der Waals surface area contributed by atoms with Crippen molar-refractivity contribution >= 4 is 20.4 Å². The van der Waals surface area contributed by atoms with Gasteiger partial charge in [0.15, 0.2) is 14.0 Å². The minimum absolute atomic E-state index is 0.0302. The Kier molecular flexibility index (Phi) is 7.81. The van der Waals surface area contributed by atoms with Gasteiger partial charge in [-0.2, -0.15) is 10.4 Å². The molecule has 6 rings (SSSR count). The lowest BCUT2D eigenvalue weighted by atomic mass is 9.55. The quantitative estimate of drug-likeness (QED) is 0.365. The number of hydrogen-bond donors (Lipinski definition) is 0. The van der Waals surface area contributed by atoms with Crippen molar-refractivity contribution in [2.45, 2.75) is 77.2 Å². The van der Waals surface area contributed by atoms with Crippen LogP contribution in [0.4, 0.5) is 4.39 Å². The molecular formula is C30H38FN5O3Si. The van der Waals surface area contributed by atoms with E-state index >= 15 is 0 Å². The van der Waals surface area contributed by atoms with Crippen molar-refractivity contribution in [3.05, 3.63) is 53.2 Å². The summed E-state index contributed by atoms with van der Waals surface area (Å²) in [6.07, 6.45) is 8.01. The highest BCUT2D eigenvalue weighted by atomic mass is 28.4. The van der Waals surface area contributed by atoms with Crippen LogP contribution in [-0.4, -0.2) is 42.0 Å². The minimum Gasteiger partial charge on any atom is -0.476 e. The molecule has 40 heavy (non-hydrogen) atoms. The molecular weight excluding hydrogens is 525 g/mol. The first kappa shape index (κ1) is 28.4. The maximum absolute atomic E-state index is 14.8. The summed E-state index contributed by atoms with van der Waals surface area (Å²) in [6, 6.07) is 6.79. The zero-order valence-corrected chi connectivity index (χ0v) is 24.9. The van der Waals surface area contributed by atoms with Gasteiger partial charge in [-0.1, -0.05) is 26.8 Å². The van der Waals surface area contributed by atoms with Gasteiger partial charge in [-0.15, -0.1) is 0 Å². The van der Waals surface area contributed by atoms with Crippen LogP contribution in [0.15, 0.2) is 35.7 Å². The monoisotopic (exact) mass is 563 g/mol. The van der Waals surface area contributed by atoms with E-state index in [1.807, 2.05) is 12.1 Å². The van der Waals surface area contributed by atoms with Crippen LogP contribution in [0.5, 0.6) is 5.88 Å². The fraction of sp³-hybridized carbons (Fsp3) is 0.567. The van der Waals surface area contributed by atoms with Gasteiger partial charge in [0.1, 0.15) is 11.9 Å². The summed E-state index contributed by atoms with van der Waals surface area (Å²) in [7, 11) is -2.04. The van der Waals surface area contributed by atoms with E-state index in [1.54, 1.807) is 17.3 Å². The zero-order chi connectivity index (χ0) is 28.7. The van der Waals surface area contributed by atoms with Gasteiger partial charge in [0.05, 0.1) is 31.6 Å². The molecule has 1 aliphatic heterocycles. The Labute approximate surface area is 236 Å². The van der Waals surface area contributed by atoms with E-state index in [9.17, 15) is 9.18 Å². The van der Waals surface area contributed by atoms with Gasteiger partial charge in [-0.3, -0.25) is 4.79 Å². The van der Waals surface area contributed by atoms with E-state index in [2.05, 4.69) is 48.9 Å². The van der Waals surface area contributed by atoms with E-state index in [0.29, 0.717) is 36.3 Å². The Morgan fingerprint density at radius 3 is 2.62 bits per heavy atom. The lowest BCUT2D eigenvalue weighted by Gasteiger charge is -2.51. The summed E-state index contributed by atoms with van der Waals surface area (Å²) >= 11 is 0. The molecule has 3 saturated carbocycles. The van der Waals surface area contributed by atoms with E-state index in [0.717, 1.165) is 24.8 Å². The number of rotatable bonds is 8. The fourth-order valence-corrected chi connectivity index (χ4v) is 6.69. The maximum Gasteiger partial charge on any atom is 0.246 e. The molecule has 0 radical (unpaired) electrons. The lowest BCUT2D eigenvalue weighted by molar-refractivity contribution is -0.148. The van der Waals surface area contributed by atoms with Crippen molar-refractivity contribution in [3.63, 3.8) is 0 Å². The van der Waals surface area contributed by atoms with Gasteiger partial charge < -0.3 is 9.16 Å². The van der Waals surface area contributed by atoms with Gasteiger partial charge in [-0.25, -0.2) is 19.4 Å². The Hall–Kier alpha value is -3.16. The summed E-state index contributed by atoms with van der Waals surface area (Å²) in [5.74, 6) is 1.16. The predicted molar refractivity (Wildman–Crippen MR) is 151 cm³/mol. The van der Waals surface area contributed by atoms with E-state index < -0.39 is 8.32 Å². The van der Waals surface area contributed by atoms with E-state index in [4.69, 9.17) is 14.4 Å². The molecule has 2 aromatic rings.